The van der Waals surface area contributed by atoms with Gasteiger partial charge in [0.25, 0.3) is 0 Å². The van der Waals surface area contributed by atoms with Gasteiger partial charge in [-0.1, -0.05) is 45.9 Å². The molecule has 4 aliphatic rings. The smallest absolute Gasteiger partial charge is 0.338 e. The van der Waals surface area contributed by atoms with Crippen LogP contribution in [-0.2, 0) is 33.2 Å². The number of benzene rings is 1. The van der Waals surface area contributed by atoms with Crippen molar-refractivity contribution >= 4 is 11.9 Å². The van der Waals surface area contributed by atoms with E-state index >= 15 is 0 Å². The Morgan fingerprint density at radius 3 is 2.04 bits per heavy atom. The minimum Gasteiger partial charge on any atom is -0.456 e. The van der Waals surface area contributed by atoms with Gasteiger partial charge in [-0.2, -0.15) is 0 Å². The molecule has 0 radical (unpaired) electrons. The maximum atomic E-state index is 13.9. The van der Waals surface area contributed by atoms with Crippen molar-refractivity contribution in [1.29, 1.82) is 0 Å². The van der Waals surface area contributed by atoms with Gasteiger partial charge in [0.1, 0.15) is 17.3 Å². The lowest BCUT2D eigenvalue weighted by Crippen LogP contribution is -2.68. The van der Waals surface area contributed by atoms with Crippen LogP contribution in [0.3, 0.4) is 0 Å². The van der Waals surface area contributed by atoms with Crippen molar-refractivity contribution in [2.75, 3.05) is 41.6 Å². The van der Waals surface area contributed by atoms with Crippen LogP contribution >= 0.6 is 0 Å². The number of aliphatic hydroxyl groups excluding tert-OH is 2. The SMILES string of the molecule is CCN.CC[C@@]1(COC)C2[C@@H](OC)C[C@]3(OC(C)=O)C4C(C[C@](O)([C@@H](OC)C[C@@H]3O)[C@@H]4OC(=O)c3ccccc3)[C@]2(C(C)C)[C@@H](OC)C[C@H]1O. The molecule has 0 aliphatic heterocycles. The van der Waals surface area contributed by atoms with Gasteiger partial charge in [0.15, 0.2) is 0 Å². The number of esters is 2. The molecule has 1 aromatic carbocycles. The average Bonchev–Trinajstić information content (AvgIpc) is 3.29. The van der Waals surface area contributed by atoms with E-state index in [9.17, 15) is 24.9 Å². The van der Waals surface area contributed by atoms with Crippen molar-refractivity contribution in [2.24, 2.45) is 40.2 Å². The number of aliphatic hydroxyl groups is 3. The van der Waals surface area contributed by atoms with E-state index in [1.165, 1.54) is 14.0 Å². The summed E-state index contributed by atoms with van der Waals surface area (Å²) >= 11 is 0. The van der Waals surface area contributed by atoms with Gasteiger partial charge >= 0.3 is 11.9 Å². The van der Waals surface area contributed by atoms with E-state index in [0.29, 0.717) is 12.0 Å². The molecule has 284 valence electrons. The summed E-state index contributed by atoms with van der Waals surface area (Å²) in [7, 11) is 6.30. The zero-order chi connectivity index (χ0) is 37.2. The number of carbonyl (C=O) groups excluding carboxylic acids is 2. The zero-order valence-electron chi connectivity index (χ0n) is 31.3. The highest BCUT2D eigenvalue weighted by molar-refractivity contribution is 5.89. The Balaban J connectivity index is 0.00000181. The molecule has 1 aromatic rings. The third-order valence-electron chi connectivity index (χ3n) is 12.8. The van der Waals surface area contributed by atoms with Gasteiger partial charge in [0.2, 0.25) is 0 Å². The quantitative estimate of drug-likeness (QED) is 0.262. The van der Waals surface area contributed by atoms with Gasteiger partial charge in [-0.05, 0) is 43.4 Å². The molecular weight excluding hydrogens is 646 g/mol. The monoisotopic (exact) mass is 707 g/mol. The van der Waals surface area contributed by atoms with Crippen molar-refractivity contribution in [3.8, 4) is 0 Å². The highest BCUT2D eigenvalue weighted by atomic mass is 16.6. The van der Waals surface area contributed by atoms with Crippen molar-refractivity contribution in [1.82, 2.24) is 0 Å². The maximum Gasteiger partial charge on any atom is 0.338 e. The minimum absolute atomic E-state index is 0.0189. The van der Waals surface area contributed by atoms with E-state index in [2.05, 4.69) is 13.8 Å². The number of nitrogens with two attached hydrogens (primary N) is 1. The Hall–Kier alpha value is -2.16. The summed E-state index contributed by atoms with van der Waals surface area (Å²) in [6.07, 6.45) is -4.70. The standard InChI is InChI=1S/C36H54O11.C2H7N/c1-9-33(19-42-5)25(38)15-28(45-8)36(20(2)3)23-17-34(41)27(44-7)16-26(39)35(47-21(4)37,18-24(43-6)30(33)36)29(23)31(34)46-32(40)22-13-11-10-12-14-22;1-2-3/h10-14,20,23-31,38-39,41H,9,15-19H2,1-8H3;2-3H2,1H3/t23?,24-,25+,26-,27-,28-,29?,30?,31+,33-,34-,35+,36+;/m0./s1. The molecule has 0 amide bonds. The fraction of sp³-hybridized carbons (Fsp3) is 0.789. The fourth-order valence-electron chi connectivity index (χ4n) is 11.1. The molecular formula is C38H61NO11. The highest BCUT2D eigenvalue weighted by Gasteiger charge is 2.80. The summed E-state index contributed by atoms with van der Waals surface area (Å²) in [5, 5.41) is 37.3. The number of ether oxygens (including phenoxy) is 6. The first-order valence-electron chi connectivity index (χ1n) is 18.0. The number of methoxy groups -OCH3 is 4. The van der Waals surface area contributed by atoms with Crippen LogP contribution in [0.4, 0.5) is 0 Å². The van der Waals surface area contributed by atoms with E-state index in [1.54, 1.807) is 51.7 Å². The molecule has 2 bridgehead atoms. The van der Waals surface area contributed by atoms with E-state index in [-0.39, 0.29) is 38.2 Å². The molecule has 0 heterocycles. The van der Waals surface area contributed by atoms with E-state index in [1.807, 2.05) is 13.8 Å². The molecule has 12 nitrogen and oxygen atoms in total. The summed E-state index contributed by atoms with van der Waals surface area (Å²) in [6.45, 7) is 10.4. The van der Waals surface area contributed by atoms with Crippen molar-refractivity contribution < 1.29 is 53.3 Å². The van der Waals surface area contributed by atoms with Crippen LogP contribution < -0.4 is 5.73 Å². The van der Waals surface area contributed by atoms with Crippen molar-refractivity contribution in [2.45, 2.75) is 115 Å². The number of rotatable bonds is 10. The van der Waals surface area contributed by atoms with Crippen LogP contribution in [0.25, 0.3) is 0 Å². The van der Waals surface area contributed by atoms with Gasteiger partial charge in [0, 0.05) is 77.3 Å². The van der Waals surface area contributed by atoms with Gasteiger partial charge < -0.3 is 49.5 Å². The summed E-state index contributed by atoms with van der Waals surface area (Å²) < 4.78 is 37.3. The lowest BCUT2D eigenvalue weighted by atomic mass is 9.43. The Kier molecular flexibility index (Phi) is 12.9. The maximum absolute atomic E-state index is 13.9. The average molecular weight is 708 g/mol. The summed E-state index contributed by atoms with van der Waals surface area (Å²) in [6, 6.07) is 8.53. The van der Waals surface area contributed by atoms with Gasteiger partial charge in [-0.25, -0.2) is 4.79 Å². The van der Waals surface area contributed by atoms with Crippen LogP contribution in [0.5, 0.6) is 0 Å². The molecule has 4 fully saturated rings. The number of carbonyl (C=O) groups is 2. The summed E-state index contributed by atoms with van der Waals surface area (Å²) in [4.78, 5) is 27.0. The molecule has 13 atom stereocenters. The fourth-order valence-corrected chi connectivity index (χ4v) is 11.1. The first-order valence-corrected chi connectivity index (χ1v) is 18.0. The summed E-state index contributed by atoms with van der Waals surface area (Å²) in [5.41, 5.74) is 0.0280. The Morgan fingerprint density at radius 1 is 0.940 bits per heavy atom. The van der Waals surface area contributed by atoms with Crippen molar-refractivity contribution in [3.05, 3.63) is 35.9 Å². The van der Waals surface area contributed by atoms with E-state index in [0.717, 1.165) is 6.54 Å². The molecule has 0 saturated heterocycles. The van der Waals surface area contributed by atoms with E-state index < -0.39 is 88.3 Å². The predicted molar refractivity (Wildman–Crippen MR) is 185 cm³/mol. The minimum atomic E-state index is -1.77. The van der Waals surface area contributed by atoms with Gasteiger partial charge in [-0.3, -0.25) is 4.79 Å². The molecule has 50 heavy (non-hydrogen) atoms. The number of fused-ring (bicyclic) bond motifs is 3. The van der Waals surface area contributed by atoms with Crippen LogP contribution in [0.1, 0.15) is 77.1 Å². The van der Waals surface area contributed by atoms with Crippen LogP contribution in [0.2, 0.25) is 0 Å². The number of hydrogen-bond donors (Lipinski definition) is 4. The van der Waals surface area contributed by atoms with Crippen LogP contribution in [0, 0.1) is 34.5 Å². The Bertz CT molecular complexity index is 1300. The first-order chi connectivity index (χ1) is 23.7. The molecule has 4 aliphatic carbocycles. The van der Waals surface area contributed by atoms with Crippen molar-refractivity contribution in [3.63, 3.8) is 0 Å². The molecule has 4 saturated carbocycles. The third-order valence-corrected chi connectivity index (χ3v) is 12.8. The second-order valence-corrected chi connectivity index (χ2v) is 15.1. The van der Waals surface area contributed by atoms with Gasteiger partial charge in [-0.15, -0.1) is 0 Å². The second-order valence-electron chi connectivity index (χ2n) is 15.1. The predicted octanol–water partition coefficient (Wildman–Crippen LogP) is 3.13. The topological polar surface area (TPSA) is 176 Å². The zero-order valence-corrected chi connectivity index (χ0v) is 31.3. The van der Waals surface area contributed by atoms with Gasteiger partial charge in [0.05, 0.1) is 42.7 Å². The normalized spacial score (nSPS) is 42.0. The first kappa shape index (κ1) is 40.6. The lowest BCUT2D eigenvalue weighted by molar-refractivity contribution is -0.263. The third kappa shape index (κ3) is 6.21. The molecule has 3 unspecified atom stereocenters. The summed E-state index contributed by atoms with van der Waals surface area (Å²) in [5.74, 6) is -3.32. The molecule has 0 aromatic heterocycles. The second kappa shape index (κ2) is 15.8. The molecule has 5 rings (SSSR count). The highest BCUT2D eigenvalue weighted by Crippen LogP contribution is 2.72. The largest absolute Gasteiger partial charge is 0.456 e. The Labute approximate surface area is 297 Å². The van der Waals surface area contributed by atoms with E-state index in [4.69, 9.17) is 34.2 Å². The van der Waals surface area contributed by atoms with Crippen LogP contribution in [-0.4, -0.2) is 117 Å². The molecule has 5 N–H and O–H groups in total. The lowest BCUT2D eigenvalue weighted by Gasteiger charge is -2.64. The molecule has 0 spiro atoms. The van der Waals surface area contributed by atoms with Crippen LogP contribution in [0.15, 0.2) is 30.3 Å². The Morgan fingerprint density at radius 2 is 1.54 bits per heavy atom. The number of hydrogen-bond acceptors (Lipinski definition) is 12. The molecule has 12 heteroatoms.